The number of carbonyl (C=O) groups excluding carboxylic acids is 2. The molecule has 0 aromatic heterocycles. The van der Waals surface area contributed by atoms with E-state index in [1.807, 2.05) is 83.4 Å². The van der Waals surface area contributed by atoms with Gasteiger partial charge in [-0.25, -0.2) is 0 Å². The van der Waals surface area contributed by atoms with Crippen LogP contribution in [0.3, 0.4) is 0 Å². The predicted octanol–water partition coefficient (Wildman–Crippen LogP) is 12.6. The van der Waals surface area contributed by atoms with Gasteiger partial charge in [-0.3, -0.25) is 9.59 Å². The van der Waals surface area contributed by atoms with Crippen molar-refractivity contribution in [2.24, 2.45) is 0 Å². The maximum absolute atomic E-state index is 14.2. The van der Waals surface area contributed by atoms with E-state index >= 15 is 0 Å². The number of allylic oxidation sites excluding steroid dienone is 6. The Hall–Kier alpha value is -3.68. The van der Waals surface area contributed by atoms with Crippen LogP contribution in [0.2, 0.25) is 0 Å². The third kappa shape index (κ3) is 4.99. The van der Waals surface area contributed by atoms with E-state index in [1.54, 1.807) is 0 Å². The normalized spacial score (nSPS) is 18.3. The fraction of sp³-hybridized carbons (Fsp3) is 0.143. The van der Waals surface area contributed by atoms with Crippen molar-refractivity contribution in [3.05, 3.63) is 169 Å². The minimum absolute atomic E-state index is 0.0329. The SMILES string of the molecule is CC1=C(C)SC(=C(C)c2ccc3c(c2)C(=O)c2ccccc2/C3=C2/c3ccccc3C(=O)c3cc(C(C)=C4SC(C)=C(C)S4)ccc32)S1. The van der Waals surface area contributed by atoms with Crippen molar-refractivity contribution in [1.82, 2.24) is 0 Å². The summed E-state index contributed by atoms with van der Waals surface area (Å²) in [5.41, 5.74) is 12.8. The molecule has 0 N–H and O–H groups in total. The van der Waals surface area contributed by atoms with Crippen LogP contribution in [0.5, 0.6) is 0 Å². The molecule has 0 spiro atoms. The zero-order valence-corrected chi connectivity index (χ0v) is 30.8. The monoisotopic (exact) mass is 696 g/mol. The molecule has 0 unspecified atom stereocenters. The summed E-state index contributed by atoms with van der Waals surface area (Å²) in [7, 11) is 0. The number of ketones is 2. The summed E-state index contributed by atoms with van der Waals surface area (Å²) < 4.78 is 2.52. The average Bonchev–Trinajstić information content (AvgIpc) is 3.63. The quantitative estimate of drug-likeness (QED) is 0.179. The molecule has 236 valence electrons. The fourth-order valence-corrected chi connectivity index (χ4v) is 11.8. The number of thioether (sulfide) groups is 4. The molecular weight excluding hydrogens is 665 g/mol. The third-order valence-electron chi connectivity index (χ3n) is 9.65. The first-order valence-electron chi connectivity index (χ1n) is 15.9. The van der Waals surface area contributed by atoms with E-state index in [0.717, 1.165) is 44.5 Å². The molecule has 0 radical (unpaired) electrons. The van der Waals surface area contributed by atoms with Crippen LogP contribution in [-0.4, -0.2) is 11.6 Å². The van der Waals surface area contributed by atoms with Gasteiger partial charge in [-0.05, 0) is 129 Å². The maximum atomic E-state index is 14.2. The second-order valence-electron chi connectivity index (χ2n) is 12.5. The first-order chi connectivity index (χ1) is 23.1. The molecule has 6 heteroatoms. The molecule has 0 bridgehead atoms. The summed E-state index contributed by atoms with van der Waals surface area (Å²) in [5, 5.41) is 0. The van der Waals surface area contributed by atoms with Gasteiger partial charge < -0.3 is 0 Å². The molecule has 0 saturated heterocycles. The van der Waals surface area contributed by atoms with Crippen molar-refractivity contribution in [2.75, 3.05) is 0 Å². The van der Waals surface area contributed by atoms with Crippen molar-refractivity contribution in [2.45, 2.75) is 41.5 Å². The number of benzene rings is 4. The highest BCUT2D eigenvalue weighted by molar-refractivity contribution is 8.29. The van der Waals surface area contributed by atoms with Gasteiger partial charge in [-0.1, -0.05) is 120 Å². The zero-order chi connectivity index (χ0) is 33.4. The van der Waals surface area contributed by atoms with Gasteiger partial charge in [-0.15, -0.1) is 0 Å². The second kappa shape index (κ2) is 12.0. The van der Waals surface area contributed by atoms with E-state index in [-0.39, 0.29) is 11.6 Å². The molecule has 4 aromatic carbocycles. The van der Waals surface area contributed by atoms with E-state index < -0.39 is 0 Å². The van der Waals surface area contributed by atoms with Gasteiger partial charge in [0.2, 0.25) is 0 Å². The summed E-state index contributed by atoms with van der Waals surface area (Å²) in [4.78, 5) is 33.8. The summed E-state index contributed by atoms with van der Waals surface area (Å²) in [5.74, 6) is 0.0659. The van der Waals surface area contributed by atoms with Crippen molar-refractivity contribution >= 4 is 80.9 Å². The Balaban J connectivity index is 1.37. The van der Waals surface area contributed by atoms with Crippen LogP contribution in [-0.2, 0) is 0 Å². The number of carbonyl (C=O) groups is 2. The standard InChI is InChI=1S/C42H32O2S4/c1-21(41-45-23(3)24(4)46-41)27-15-17-31-35(19-27)39(43)33-13-9-7-11-29(33)37(31)38-30-12-8-10-14-34(30)40(44)36-20-28(16-18-32(36)38)22(2)42-47-25(5)26(6)48-42/h7-20H,1-6H3/b38-37+. The summed E-state index contributed by atoms with van der Waals surface area (Å²) in [6.45, 7) is 13.0. The molecule has 0 atom stereocenters. The van der Waals surface area contributed by atoms with Gasteiger partial charge in [0.05, 0.1) is 8.47 Å². The van der Waals surface area contributed by atoms with E-state index in [1.165, 1.54) is 39.2 Å². The van der Waals surface area contributed by atoms with Gasteiger partial charge in [0.15, 0.2) is 11.6 Å². The van der Waals surface area contributed by atoms with Gasteiger partial charge in [0, 0.05) is 22.3 Å². The van der Waals surface area contributed by atoms with Crippen LogP contribution in [0.15, 0.2) is 113 Å². The lowest BCUT2D eigenvalue weighted by molar-refractivity contribution is 0.102. The lowest BCUT2D eigenvalue weighted by atomic mass is 9.72. The Morgan fingerprint density at radius 2 is 0.729 bits per heavy atom. The lowest BCUT2D eigenvalue weighted by Crippen LogP contribution is -2.20. The number of fused-ring (bicyclic) bond motifs is 4. The van der Waals surface area contributed by atoms with Crippen LogP contribution in [0.1, 0.15) is 107 Å². The highest BCUT2D eigenvalue weighted by atomic mass is 32.2. The van der Waals surface area contributed by atoms with Crippen LogP contribution >= 0.6 is 47.0 Å². The van der Waals surface area contributed by atoms with E-state index in [4.69, 9.17) is 0 Å². The summed E-state index contributed by atoms with van der Waals surface area (Å²) in [6, 6.07) is 28.6. The van der Waals surface area contributed by atoms with Gasteiger partial charge in [-0.2, -0.15) is 0 Å². The highest BCUT2D eigenvalue weighted by Gasteiger charge is 2.35. The number of hydrogen-bond acceptors (Lipinski definition) is 6. The topological polar surface area (TPSA) is 34.1 Å². The van der Waals surface area contributed by atoms with Crippen molar-refractivity contribution in [3.8, 4) is 0 Å². The Morgan fingerprint density at radius 3 is 1.08 bits per heavy atom. The van der Waals surface area contributed by atoms with Crippen LogP contribution in [0.25, 0.3) is 22.3 Å². The second-order valence-corrected chi connectivity index (χ2v) is 17.9. The molecule has 4 aromatic rings. The lowest BCUT2D eigenvalue weighted by Gasteiger charge is -2.30. The van der Waals surface area contributed by atoms with Crippen molar-refractivity contribution in [1.29, 1.82) is 0 Å². The highest BCUT2D eigenvalue weighted by Crippen LogP contribution is 2.54. The van der Waals surface area contributed by atoms with E-state index in [2.05, 4.69) is 90.1 Å². The first-order valence-corrected chi connectivity index (χ1v) is 19.2. The fourth-order valence-electron chi connectivity index (χ4n) is 6.71. The number of hydrogen-bond donors (Lipinski definition) is 0. The summed E-state index contributed by atoms with van der Waals surface area (Å²) in [6.07, 6.45) is 0. The van der Waals surface area contributed by atoms with Crippen LogP contribution in [0.4, 0.5) is 0 Å². The smallest absolute Gasteiger partial charge is 0.194 e. The average molecular weight is 697 g/mol. The molecule has 2 nitrogen and oxygen atoms in total. The number of rotatable bonds is 2. The summed E-state index contributed by atoms with van der Waals surface area (Å²) >= 11 is 7.24. The predicted molar refractivity (Wildman–Crippen MR) is 210 cm³/mol. The molecule has 0 amide bonds. The van der Waals surface area contributed by atoms with Gasteiger partial charge in [0.1, 0.15) is 0 Å². The Bertz CT molecular complexity index is 2130. The molecule has 0 fully saturated rings. The minimum atomic E-state index is 0.0329. The molecule has 4 aliphatic rings. The van der Waals surface area contributed by atoms with Gasteiger partial charge in [0.25, 0.3) is 0 Å². The maximum Gasteiger partial charge on any atom is 0.194 e. The largest absolute Gasteiger partial charge is 0.289 e. The molecule has 0 saturated carbocycles. The third-order valence-corrected chi connectivity index (χ3v) is 15.3. The molecule has 2 heterocycles. The van der Waals surface area contributed by atoms with E-state index in [9.17, 15) is 9.59 Å². The first kappa shape index (κ1) is 31.6. The Labute approximate surface area is 299 Å². The Morgan fingerprint density at radius 1 is 0.417 bits per heavy atom. The molecule has 48 heavy (non-hydrogen) atoms. The molecule has 2 aliphatic carbocycles. The Kier molecular flexibility index (Phi) is 7.91. The zero-order valence-electron chi connectivity index (χ0n) is 27.5. The van der Waals surface area contributed by atoms with Gasteiger partial charge >= 0.3 is 0 Å². The molecule has 8 rings (SSSR count). The molecular formula is C42H32O2S4. The minimum Gasteiger partial charge on any atom is -0.289 e. The molecule has 2 aliphatic heterocycles. The van der Waals surface area contributed by atoms with E-state index in [0.29, 0.717) is 22.3 Å². The van der Waals surface area contributed by atoms with Crippen molar-refractivity contribution < 1.29 is 9.59 Å². The van der Waals surface area contributed by atoms with Crippen molar-refractivity contribution in [3.63, 3.8) is 0 Å². The van der Waals surface area contributed by atoms with Crippen LogP contribution in [0, 0.1) is 0 Å². The van der Waals surface area contributed by atoms with Crippen LogP contribution < -0.4 is 0 Å².